The molecule has 1 aromatic carbocycles. The summed E-state index contributed by atoms with van der Waals surface area (Å²) in [7, 11) is 0. The lowest BCUT2D eigenvalue weighted by atomic mass is 9.78. The molecule has 0 spiro atoms. The van der Waals surface area contributed by atoms with Crippen molar-refractivity contribution in [3.05, 3.63) is 23.5 Å². The molecule has 0 bridgehead atoms. The van der Waals surface area contributed by atoms with Crippen LogP contribution < -0.4 is 5.32 Å². The van der Waals surface area contributed by atoms with E-state index in [9.17, 15) is 14.4 Å². The zero-order valence-corrected chi connectivity index (χ0v) is 15.4. The van der Waals surface area contributed by atoms with Gasteiger partial charge in [0.1, 0.15) is 5.52 Å². The van der Waals surface area contributed by atoms with Crippen LogP contribution in [-0.2, 0) is 10.3 Å². The SMILES string of the molecule is CC(C(=O)Nc1nc2c(F)cc(C#N)cc2n1C1(C)CCC1)C1(C)CC1. The van der Waals surface area contributed by atoms with Crippen molar-refractivity contribution < 1.29 is 9.18 Å². The van der Waals surface area contributed by atoms with Gasteiger partial charge in [0.2, 0.25) is 11.9 Å². The van der Waals surface area contributed by atoms with Crippen LogP contribution in [0.25, 0.3) is 11.0 Å². The molecule has 1 aromatic heterocycles. The van der Waals surface area contributed by atoms with Crippen molar-refractivity contribution in [1.29, 1.82) is 5.26 Å². The summed E-state index contributed by atoms with van der Waals surface area (Å²) in [6, 6.07) is 4.86. The molecule has 2 aliphatic carbocycles. The highest BCUT2D eigenvalue weighted by molar-refractivity contribution is 5.94. The van der Waals surface area contributed by atoms with E-state index in [1.807, 2.05) is 17.6 Å². The minimum absolute atomic E-state index is 0.0561. The van der Waals surface area contributed by atoms with Gasteiger partial charge in [-0.3, -0.25) is 10.1 Å². The van der Waals surface area contributed by atoms with Gasteiger partial charge in [-0.15, -0.1) is 0 Å². The van der Waals surface area contributed by atoms with E-state index in [4.69, 9.17) is 0 Å². The minimum atomic E-state index is -0.529. The van der Waals surface area contributed by atoms with Crippen LogP contribution >= 0.6 is 0 Å². The number of nitrogens with one attached hydrogen (secondary N) is 1. The van der Waals surface area contributed by atoms with Gasteiger partial charge in [0.15, 0.2) is 5.82 Å². The van der Waals surface area contributed by atoms with Crippen molar-refractivity contribution in [3.63, 3.8) is 0 Å². The van der Waals surface area contributed by atoms with Gasteiger partial charge in [-0.25, -0.2) is 9.37 Å². The molecule has 2 fully saturated rings. The highest BCUT2D eigenvalue weighted by Gasteiger charge is 2.46. The van der Waals surface area contributed by atoms with Gasteiger partial charge in [-0.05, 0) is 56.6 Å². The van der Waals surface area contributed by atoms with Gasteiger partial charge >= 0.3 is 0 Å². The fraction of sp³-hybridized carbons (Fsp3) is 0.550. The largest absolute Gasteiger partial charge is 0.304 e. The molecule has 1 heterocycles. The Bertz CT molecular complexity index is 947. The number of aromatic nitrogens is 2. The fourth-order valence-electron chi connectivity index (χ4n) is 3.91. The van der Waals surface area contributed by atoms with Gasteiger partial charge in [-0.1, -0.05) is 13.8 Å². The molecule has 1 N–H and O–H groups in total. The molecule has 0 aliphatic heterocycles. The molecule has 2 aromatic rings. The maximum atomic E-state index is 14.5. The normalized spacial score (nSPS) is 20.9. The Morgan fingerprint density at radius 1 is 1.35 bits per heavy atom. The molecule has 0 radical (unpaired) electrons. The summed E-state index contributed by atoms with van der Waals surface area (Å²) in [5.74, 6) is -0.342. The highest BCUT2D eigenvalue weighted by atomic mass is 19.1. The molecule has 26 heavy (non-hydrogen) atoms. The summed E-state index contributed by atoms with van der Waals surface area (Å²) in [4.78, 5) is 17.2. The Balaban J connectivity index is 1.81. The number of hydrogen-bond acceptors (Lipinski definition) is 3. The first-order chi connectivity index (χ1) is 12.3. The standard InChI is InChI=1S/C20H23FN4O/c1-12(19(2)7-8-19)17(26)24-18-23-16-14(21)9-13(11-22)10-15(16)25(18)20(3)5-4-6-20/h9-10,12H,4-8H2,1-3H3,(H,23,24,26). The number of carbonyl (C=O) groups excluding carboxylic acids is 1. The zero-order chi connectivity index (χ0) is 18.7. The van der Waals surface area contributed by atoms with E-state index in [-0.39, 0.29) is 33.9 Å². The molecule has 6 heteroatoms. The van der Waals surface area contributed by atoms with Gasteiger partial charge in [0.05, 0.1) is 17.1 Å². The average molecular weight is 354 g/mol. The third kappa shape index (κ3) is 2.49. The number of amides is 1. The Morgan fingerprint density at radius 2 is 2.04 bits per heavy atom. The Labute approximate surface area is 152 Å². The number of anilines is 1. The molecule has 1 atom stereocenters. The van der Waals surface area contributed by atoms with E-state index in [2.05, 4.69) is 24.1 Å². The number of benzene rings is 1. The average Bonchev–Trinajstić information content (AvgIpc) is 3.22. The molecule has 4 rings (SSSR count). The molecule has 0 saturated heterocycles. The summed E-state index contributed by atoms with van der Waals surface area (Å²) >= 11 is 0. The summed E-state index contributed by atoms with van der Waals surface area (Å²) in [5.41, 5.74) is 0.878. The Hall–Kier alpha value is -2.42. The van der Waals surface area contributed by atoms with Gasteiger partial charge in [0, 0.05) is 11.5 Å². The van der Waals surface area contributed by atoms with Crippen LogP contribution in [0.4, 0.5) is 10.3 Å². The molecule has 1 unspecified atom stereocenters. The second-order valence-electron chi connectivity index (χ2n) is 8.42. The van der Waals surface area contributed by atoms with Crippen molar-refractivity contribution in [2.45, 2.75) is 58.4 Å². The van der Waals surface area contributed by atoms with Gasteiger partial charge in [0.25, 0.3) is 0 Å². The number of rotatable bonds is 4. The lowest BCUT2D eigenvalue weighted by Gasteiger charge is -2.41. The summed E-state index contributed by atoms with van der Waals surface area (Å²) < 4.78 is 16.4. The fourth-order valence-corrected chi connectivity index (χ4v) is 3.91. The molecule has 5 nitrogen and oxygen atoms in total. The number of imidazole rings is 1. The monoisotopic (exact) mass is 354 g/mol. The molecule has 136 valence electrons. The topological polar surface area (TPSA) is 70.7 Å². The predicted octanol–water partition coefficient (Wildman–Crippen LogP) is 4.32. The van der Waals surface area contributed by atoms with Crippen LogP contribution in [0.3, 0.4) is 0 Å². The first-order valence-corrected chi connectivity index (χ1v) is 9.21. The van der Waals surface area contributed by atoms with E-state index in [1.165, 1.54) is 6.07 Å². The minimum Gasteiger partial charge on any atom is -0.304 e. The molecule has 2 saturated carbocycles. The lowest BCUT2D eigenvalue weighted by Crippen LogP contribution is -2.39. The Morgan fingerprint density at radius 3 is 2.58 bits per heavy atom. The maximum Gasteiger partial charge on any atom is 0.230 e. The molecular formula is C20H23FN4O. The van der Waals surface area contributed by atoms with Crippen LogP contribution in [0, 0.1) is 28.5 Å². The quantitative estimate of drug-likeness (QED) is 0.889. The second kappa shape index (κ2) is 5.54. The number of carbonyl (C=O) groups is 1. The van der Waals surface area contributed by atoms with Crippen molar-refractivity contribution in [1.82, 2.24) is 9.55 Å². The van der Waals surface area contributed by atoms with Crippen molar-refractivity contribution in [3.8, 4) is 6.07 Å². The summed E-state index contributed by atoms with van der Waals surface area (Å²) in [6.07, 6.45) is 5.06. The van der Waals surface area contributed by atoms with E-state index in [1.54, 1.807) is 6.07 Å². The number of nitriles is 1. The van der Waals surface area contributed by atoms with Crippen LogP contribution in [0.15, 0.2) is 12.1 Å². The molecule has 2 aliphatic rings. The van der Waals surface area contributed by atoms with Crippen LogP contribution in [0.5, 0.6) is 0 Å². The number of nitrogens with zero attached hydrogens (tertiary/aromatic N) is 3. The maximum absolute atomic E-state index is 14.5. The first-order valence-electron chi connectivity index (χ1n) is 9.21. The van der Waals surface area contributed by atoms with Crippen LogP contribution in [0.2, 0.25) is 0 Å². The van der Waals surface area contributed by atoms with E-state index >= 15 is 0 Å². The van der Waals surface area contributed by atoms with Crippen molar-refractivity contribution in [2.75, 3.05) is 5.32 Å². The smallest absolute Gasteiger partial charge is 0.230 e. The number of halogens is 1. The third-order valence-corrected chi connectivity index (χ3v) is 6.53. The first kappa shape index (κ1) is 17.0. The third-order valence-electron chi connectivity index (χ3n) is 6.53. The van der Waals surface area contributed by atoms with Gasteiger partial charge < -0.3 is 4.57 Å². The van der Waals surface area contributed by atoms with Crippen molar-refractivity contribution in [2.24, 2.45) is 11.3 Å². The summed E-state index contributed by atoms with van der Waals surface area (Å²) in [5, 5.41) is 12.1. The second-order valence-corrected chi connectivity index (χ2v) is 8.42. The number of fused-ring (bicyclic) bond motifs is 1. The van der Waals surface area contributed by atoms with E-state index in [0.29, 0.717) is 11.5 Å². The lowest BCUT2D eigenvalue weighted by molar-refractivity contribution is -0.121. The predicted molar refractivity (Wildman–Crippen MR) is 97.0 cm³/mol. The molecular weight excluding hydrogens is 331 g/mol. The Kier molecular flexibility index (Phi) is 3.62. The molecule has 1 amide bonds. The highest BCUT2D eigenvalue weighted by Crippen LogP contribution is 2.51. The summed E-state index contributed by atoms with van der Waals surface area (Å²) in [6.45, 7) is 6.15. The number of hydrogen-bond donors (Lipinski definition) is 1. The van der Waals surface area contributed by atoms with E-state index in [0.717, 1.165) is 32.1 Å². The van der Waals surface area contributed by atoms with Crippen LogP contribution in [-0.4, -0.2) is 15.5 Å². The van der Waals surface area contributed by atoms with Crippen molar-refractivity contribution >= 4 is 22.9 Å². The van der Waals surface area contributed by atoms with Crippen LogP contribution in [0.1, 0.15) is 58.4 Å². The van der Waals surface area contributed by atoms with Gasteiger partial charge in [-0.2, -0.15) is 5.26 Å². The van der Waals surface area contributed by atoms with E-state index < -0.39 is 5.82 Å². The zero-order valence-electron chi connectivity index (χ0n) is 15.4.